The lowest BCUT2D eigenvalue weighted by molar-refractivity contribution is 0.0607. The standard InChI is InChI=1S/C10H12N4O3S/c1-5-13-7(14-17-5)4-12-8-3-6(11)9(18-8)10(15)16-2/h3,12H,4,11H2,1-2H3. The molecule has 2 heterocycles. The Balaban J connectivity index is 2.04. The minimum atomic E-state index is -0.444. The number of nitrogen functional groups attached to an aromatic ring is 1. The Morgan fingerprint density at radius 3 is 3.06 bits per heavy atom. The van der Waals surface area contributed by atoms with Gasteiger partial charge in [0, 0.05) is 6.92 Å². The molecule has 7 nitrogen and oxygen atoms in total. The van der Waals surface area contributed by atoms with E-state index < -0.39 is 5.97 Å². The summed E-state index contributed by atoms with van der Waals surface area (Å²) in [4.78, 5) is 15.8. The summed E-state index contributed by atoms with van der Waals surface area (Å²) in [6.45, 7) is 2.12. The summed E-state index contributed by atoms with van der Waals surface area (Å²) in [5.41, 5.74) is 6.10. The van der Waals surface area contributed by atoms with Crippen LogP contribution in [0.25, 0.3) is 0 Å². The number of nitrogens with two attached hydrogens (primary N) is 1. The lowest BCUT2D eigenvalue weighted by atomic mass is 10.4. The van der Waals surface area contributed by atoms with Crippen LogP contribution in [-0.2, 0) is 11.3 Å². The first kappa shape index (κ1) is 12.4. The maximum atomic E-state index is 11.4. The zero-order chi connectivity index (χ0) is 13.1. The van der Waals surface area contributed by atoms with E-state index in [1.165, 1.54) is 18.4 Å². The molecule has 2 aromatic rings. The summed E-state index contributed by atoms with van der Waals surface area (Å²) in [5, 5.41) is 7.55. The van der Waals surface area contributed by atoms with Gasteiger partial charge in [0.2, 0.25) is 5.89 Å². The van der Waals surface area contributed by atoms with Gasteiger partial charge in [0.25, 0.3) is 0 Å². The van der Waals surface area contributed by atoms with Gasteiger partial charge in [0.15, 0.2) is 5.82 Å². The first-order chi connectivity index (χ1) is 8.60. The molecule has 0 aromatic carbocycles. The normalized spacial score (nSPS) is 10.3. The molecule has 0 amide bonds. The van der Waals surface area contributed by atoms with Crippen molar-refractivity contribution in [3.05, 3.63) is 22.7 Å². The van der Waals surface area contributed by atoms with Crippen LogP contribution in [0.3, 0.4) is 0 Å². The van der Waals surface area contributed by atoms with Gasteiger partial charge in [-0.1, -0.05) is 5.16 Å². The molecule has 96 valence electrons. The minimum Gasteiger partial charge on any atom is -0.465 e. The predicted octanol–water partition coefficient (Wildman–Crippen LogP) is 1.42. The van der Waals surface area contributed by atoms with Crippen molar-refractivity contribution >= 4 is 28.0 Å². The number of thiophene rings is 1. The van der Waals surface area contributed by atoms with E-state index in [2.05, 4.69) is 20.2 Å². The fourth-order valence-corrected chi connectivity index (χ4v) is 2.22. The minimum absolute atomic E-state index is 0.379. The monoisotopic (exact) mass is 268 g/mol. The first-order valence-electron chi connectivity index (χ1n) is 5.11. The van der Waals surface area contributed by atoms with Crippen LogP contribution >= 0.6 is 11.3 Å². The number of nitrogens with zero attached hydrogens (tertiary/aromatic N) is 2. The summed E-state index contributed by atoms with van der Waals surface area (Å²) in [5.74, 6) is 0.604. The van der Waals surface area contributed by atoms with E-state index in [1.807, 2.05) is 0 Å². The maximum Gasteiger partial charge on any atom is 0.350 e. The molecular formula is C10H12N4O3S. The van der Waals surface area contributed by atoms with Crippen molar-refractivity contribution < 1.29 is 14.1 Å². The molecule has 0 spiro atoms. The highest BCUT2D eigenvalue weighted by Crippen LogP contribution is 2.29. The number of esters is 1. The average molecular weight is 268 g/mol. The third-order valence-electron chi connectivity index (χ3n) is 2.12. The Hall–Kier alpha value is -2.09. The molecule has 0 aliphatic heterocycles. The molecule has 0 saturated heterocycles. The number of ether oxygens (including phenoxy) is 1. The van der Waals surface area contributed by atoms with E-state index in [0.29, 0.717) is 28.8 Å². The van der Waals surface area contributed by atoms with E-state index in [-0.39, 0.29) is 0 Å². The van der Waals surface area contributed by atoms with Gasteiger partial charge in [-0.3, -0.25) is 0 Å². The van der Waals surface area contributed by atoms with Crippen LogP contribution in [0.4, 0.5) is 10.7 Å². The number of rotatable bonds is 4. The second-order valence-electron chi connectivity index (χ2n) is 3.47. The number of methoxy groups -OCH3 is 1. The number of anilines is 2. The van der Waals surface area contributed by atoms with Crippen molar-refractivity contribution in [1.82, 2.24) is 10.1 Å². The van der Waals surface area contributed by atoms with Gasteiger partial charge >= 0.3 is 5.97 Å². The number of aromatic nitrogens is 2. The average Bonchev–Trinajstić information content (AvgIpc) is 2.92. The SMILES string of the molecule is COC(=O)c1sc(NCc2noc(C)n2)cc1N. The molecule has 2 aromatic heterocycles. The quantitative estimate of drug-likeness (QED) is 0.808. The van der Waals surface area contributed by atoms with Gasteiger partial charge in [-0.2, -0.15) is 4.98 Å². The molecule has 8 heteroatoms. The van der Waals surface area contributed by atoms with Crippen LogP contribution in [-0.4, -0.2) is 23.2 Å². The van der Waals surface area contributed by atoms with Crippen LogP contribution in [0.1, 0.15) is 21.4 Å². The molecule has 0 atom stereocenters. The highest BCUT2D eigenvalue weighted by atomic mass is 32.1. The Labute approximate surface area is 107 Å². The van der Waals surface area contributed by atoms with Crippen molar-refractivity contribution in [3.63, 3.8) is 0 Å². The third kappa shape index (κ3) is 2.59. The molecule has 3 N–H and O–H groups in total. The van der Waals surface area contributed by atoms with Crippen molar-refractivity contribution in [3.8, 4) is 0 Å². The van der Waals surface area contributed by atoms with E-state index >= 15 is 0 Å². The molecule has 0 fully saturated rings. The number of hydrogen-bond donors (Lipinski definition) is 2. The fraction of sp³-hybridized carbons (Fsp3) is 0.300. The fourth-order valence-electron chi connectivity index (χ4n) is 1.32. The Morgan fingerprint density at radius 1 is 1.67 bits per heavy atom. The summed E-state index contributed by atoms with van der Waals surface area (Å²) >= 11 is 1.22. The van der Waals surface area contributed by atoms with Crippen molar-refractivity contribution in [1.29, 1.82) is 0 Å². The highest BCUT2D eigenvalue weighted by Gasteiger charge is 2.14. The van der Waals surface area contributed by atoms with Crippen molar-refractivity contribution in [2.75, 3.05) is 18.2 Å². The van der Waals surface area contributed by atoms with Crippen LogP contribution in [0, 0.1) is 6.92 Å². The van der Waals surface area contributed by atoms with E-state index in [1.54, 1.807) is 13.0 Å². The number of carbonyl (C=O) groups excluding carboxylic acids is 1. The van der Waals surface area contributed by atoms with Crippen molar-refractivity contribution in [2.45, 2.75) is 13.5 Å². The summed E-state index contributed by atoms with van der Waals surface area (Å²) in [6, 6.07) is 1.67. The van der Waals surface area contributed by atoms with Crippen LogP contribution in [0.2, 0.25) is 0 Å². The molecule has 0 saturated carbocycles. The summed E-state index contributed by atoms with van der Waals surface area (Å²) in [6.07, 6.45) is 0. The van der Waals surface area contributed by atoms with E-state index in [4.69, 9.17) is 10.3 Å². The Bertz CT molecular complexity index is 563. The zero-order valence-corrected chi connectivity index (χ0v) is 10.7. The second kappa shape index (κ2) is 5.05. The highest BCUT2D eigenvalue weighted by molar-refractivity contribution is 7.18. The smallest absolute Gasteiger partial charge is 0.350 e. The molecule has 18 heavy (non-hydrogen) atoms. The predicted molar refractivity (Wildman–Crippen MR) is 66.4 cm³/mol. The molecule has 2 rings (SSSR count). The molecule has 0 unspecified atom stereocenters. The molecular weight excluding hydrogens is 256 g/mol. The van der Waals surface area contributed by atoms with Gasteiger partial charge in [-0.25, -0.2) is 4.79 Å². The van der Waals surface area contributed by atoms with Gasteiger partial charge in [-0.15, -0.1) is 11.3 Å². The van der Waals surface area contributed by atoms with Crippen LogP contribution in [0.5, 0.6) is 0 Å². The van der Waals surface area contributed by atoms with Crippen LogP contribution in [0.15, 0.2) is 10.6 Å². The summed E-state index contributed by atoms with van der Waals surface area (Å²) < 4.78 is 9.46. The van der Waals surface area contributed by atoms with Gasteiger partial charge in [0.1, 0.15) is 4.88 Å². The van der Waals surface area contributed by atoms with E-state index in [0.717, 1.165) is 5.00 Å². The lowest BCUT2D eigenvalue weighted by Gasteiger charge is -1.97. The van der Waals surface area contributed by atoms with Crippen LogP contribution < -0.4 is 11.1 Å². The first-order valence-corrected chi connectivity index (χ1v) is 5.92. The van der Waals surface area contributed by atoms with Crippen molar-refractivity contribution in [2.24, 2.45) is 0 Å². The second-order valence-corrected chi connectivity index (χ2v) is 4.52. The number of hydrogen-bond acceptors (Lipinski definition) is 8. The number of carbonyl (C=O) groups is 1. The van der Waals surface area contributed by atoms with Gasteiger partial charge < -0.3 is 20.3 Å². The Kier molecular flexibility index (Phi) is 3.47. The largest absolute Gasteiger partial charge is 0.465 e. The maximum absolute atomic E-state index is 11.4. The molecule has 0 aliphatic rings. The van der Waals surface area contributed by atoms with E-state index in [9.17, 15) is 4.79 Å². The lowest BCUT2D eigenvalue weighted by Crippen LogP contribution is -2.01. The third-order valence-corrected chi connectivity index (χ3v) is 3.21. The molecule has 0 aliphatic carbocycles. The van der Waals surface area contributed by atoms with Gasteiger partial charge in [-0.05, 0) is 6.07 Å². The van der Waals surface area contributed by atoms with Gasteiger partial charge in [0.05, 0.1) is 24.3 Å². The number of aryl methyl sites for hydroxylation is 1. The molecule has 0 bridgehead atoms. The Morgan fingerprint density at radius 2 is 2.44 bits per heavy atom. The zero-order valence-electron chi connectivity index (χ0n) is 9.89. The number of nitrogens with one attached hydrogen (secondary N) is 1. The topological polar surface area (TPSA) is 103 Å². The molecule has 0 radical (unpaired) electrons. The summed E-state index contributed by atoms with van der Waals surface area (Å²) in [7, 11) is 1.32.